The van der Waals surface area contributed by atoms with Crippen molar-refractivity contribution in [2.75, 3.05) is 27.4 Å². The van der Waals surface area contributed by atoms with Crippen molar-refractivity contribution in [2.24, 2.45) is 0 Å². The molecule has 8 heteroatoms. The number of benzene rings is 2. The zero-order chi connectivity index (χ0) is 18.0. The molecular weight excluding hydrogens is 410 g/mol. The van der Waals surface area contributed by atoms with E-state index in [9.17, 15) is 8.42 Å². The Morgan fingerprint density at radius 1 is 1.12 bits per heavy atom. The summed E-state index contributed by atoms with van der Waals surface area (Å²) in [5, 5.41) is 0. The standard InChI is InChI=1S/C17H18BrNO5S/c1-19(25(20,21)14-5-3-13(22-2)4-6-14)11-12-9-16-17(10-15(12)18)24-8-7-23-16/h3-6,9-10H,7-8,11H2,1-2H3. The van der Waals surface area contributed by atoms with E-state index in [0.717, 1.165) is 10.0 Å². The highest BCUT2D eigenvalue weighted by Gasteiger charge is 2.23. The molecule has 1 aliphatic rings. The first-order valence-electron chi connectivity index (χ1n) is 7.60. The molecule has 3 rings (SSSR count). The quantitative estimate of drug-likeness (QED) is 0.733. The fraction of sp³-hybridized carbons (Fsp3) is 0.294. The highest BCUT2D eigenvalue weighted by Crippen LogP contribution is 2.36. The highest BCUT2D eigenvalue weighted by atomic mass is 79.9. The number of sulfonamides is 1. The minimum atomic E-state index is -3.62. The summed E-state index contributed by atoms with van der Waals surface area (Å²) in [7, 11) is -0.534. The van der Waals surface area contributed by atoms with E-state index in [-0.39, 0.29) is 11.4 Å². The SMILES string of the molecule is COc1ccc(S(=O)(=O)N(C)Cc2cc3c(cc2Br)OCCO3)cc1. The Morgan fingerprint density at radius 3 is 2.32 bits per heavy atom. The normalized spacial score (nSPS) is 13.8. The Morgan fingerprint density at radius 2 is 1.72 bits per heavy atom. The Kier molecular flexibility index (Phi) is 5.21. The van der Waals surface area contributed by atoms with Gasteiger partial charge >= 0.3 is 0 Å². The zero-order valence-corrected chi connectivity index (χ0v) is 16.3. The van der Waals surface area contributed by atoms with Crippen LogP contribution in [0.3, 0.4) is 0 Å². The topological polar surface area (TPSA) is 65.1 Å². The first kappa shape index (κ1) is 18.0. The van der Waals surface area contributed by atoms with Crippen molar-refractivity contribution in [1.82, 2.24) is 4.31 Å². The second-order valence-corrected chi connectivity index (χ2v) is 8.42. The van der Waals surface area contributed by atoms with Crippen LogP contribution in [0.25, 0.3) is 0 Å². The maximum Gasteiger partial charge on any atom is 0.243 e. The van der Waals surface area contributed by atoms with Crippen LogP contribution in [-0.2, 0) is 16.6 Å². The second-order valence-electron chi connectivity index (χ2n) is 5.52. The number of rotatable bonds is 5. The van der Waals surface area contributed by atoms with Crippen molar-refractivity contribution in [2.45, 2.75) is 11.4 Å². The van der Waals surface area contributed by atoms with E-state index in [1.807, 2.05) is 0 Å². The third kappa shape index (κ3) is 3.75. The lowest BCUT2D eigenvalue weighted by molar-refractivity contribution is 0.171. The lowest BCUT2D eigenvalue weighted by Crippen LogP contribution is -2.26. The van der Waals surface area contributed by atoms with E-state index in [1.165, 1.54) is 23.5 Å². The molecular formula is C17H18BrNO5S. The van der Waals surface area contributed by atoms with Gasteiger partial charge in [-0.25, -0.2) is 8.42 Å². The molecule has 0 aromatic heterocycles. The largest absolute Gasteiger partial charge is 0.497 e. The van der Waals surface area contributed by atoms with Gasteiger partial charge in [-0.1, -0.05) is 15.9 Å². The maximum absolute atomic E-state index is 12.8. The predicted octanol–water partition coefficient (Wildman–Crippen LogP) is 3.05. The molecule has 2 aromatic rings. The van der Waals surface area contributed by atoms with Crippen LogP contribution in [0.2, 0.25) is 0 Å². The summed E-state index contributed by atoms with van der Waals surface area (Å²) >= 11 is 3.47. The van der Waals surface area contributed by atoms with Gasteiger partial charge in [-0.2, -0.15) is 4.31 Å². The maximum atomic E-state index is 12.8. The molecule has 0 unspecified atom stereocenters. The first-order valence-corrected chi connectivity index (χ1v) is 9.83. The number of ether oxygens (including phenoxy) is 3. The van der Waals surface area contributed by atoms with Gasteiger partial charge in [-0.05, 0) is 42.0 Å². The Balaban J connectivity index is 1.84. The van der Waals surface area contributed by atoms with E-state index >= 15 is 0 Å². The molecule has 0 saturated heterocycles. The van der Waals surface area contributed by atoms with Crippen LogP contribution in [-0.4, -0.2) is 40.1 Å². The third-order valence-electron chi connectivity index (χ3n) is 3.87. The predicted molar refractivity (Wildman–Crippen MR) is 96.8 cm³/mol. The minimum absolute atomic E-state index is 0.200. The molecule has 0 fully saturated rings. The lowest BCUT2D eigenvalue weighted by Gasteiger charge is -2.22. The van der Waals surface area contributed by atoms with Crippen molar-refractivity contribution in [1.29, 1.82) is 0 Å². The molecule has 0 radical (unpaired) electrons. The van der Waals surface area contributed by atoms with E-state index in [1.54, 1.807) is 31.3 Å². The fourth-order valence-corrected chi connectivity index (χ4v) is 4.08. The molecule has 1 aliphatic heterocycles. The summed E-state index contributed by atoms with van der Waals surface area (Å²) in [6.45, 7) is 1.18. The summed E-state index contributed by atoms with van der Waals surface area (Å²) in [6, 6.07) is 9.92. The van der Waals surface area contributed by atoms with Gasteiger partial charge in [0.15, 0.2) is 11.5 Å². The molecule has 134 valence electrons. The summed E-state index contributed by atoms with van der Waals surface area (Å²) in [5.74, 6) is 1.89. The number of nitrogens with zero attached hydrogens (tertiary/aromatic N) is 1. The first-order chi connectivity index (χ1) is 11.9. The summed E-state index contributed by atoms with van der Waals surface area (Å²) in [4.78, 5) is 0.212. The van der Waals surface area contributed by atoms with Crippen LogP contribution in [0.4, 0.5) is 0 Å². The molecule has 0 N–H and O–H groups in total. The highest BCUT2D eigenvalue weighted by molar-refractivity contribution is 9.10. The summed E-state index contributed by atoms with van der Waals surface area (Å²) < 4.78 is 43.7. The van der Waals surface area contributed by atoms with Crippen molar-refractivity contribution < 1.29 is 22.6 Å². The number of hydrogen-bond acceptors (Lipinski definition) is 5. The summed E-state index contributed by atoms with van der Waals surface area (Å²) in [5.41, 5.74) is 0.795. The Hall–Kier alpha value is -1.77. The second kappa shape index (κ2) is 7.23. The molecule has 0 spiro atoms. The summed E-state index contributed by atoms with van der Waals surface area (Å²) in [6.07, 6.45) is 0. The van der Waals surface area contributed by atoms with Gasteiger partial charge in [0.2, 0.25) is 10.0 Å². The third-order valence-corrected chi connectivity index (χ3v) is 6.43. The van der Waals surface area contributed by atoms with Gasteiger partial charge in [0.05, 0.1) is 12.0 Å². The number of halogens is 1. The average Bonchev–Trinajstić information content (AvgIpc) is 2.62. The molecule has 0 bridgehead atoms. The fourth-order valence-electron chi connectivity index (χ4n) is 2.48. The van der Waals surface area contributed by atoms with Crippen molar-refractivity contribution >= 4 is 26.0 Å². The smallest absolute Gasteiger partial charge is 0.243 e. The number of methoxy groups -OCH3 is 1. The van der Waals surface area contributed by atoms with Crippen molar-refractivity contribution in [3.63, 3.8) is 0 Å². The van der Waals surface area contributed by atoms with Crippen LogP contribution in [0.1, 0.15) is 5.56 Å². The molecule has 0 amide bonds. The lowest BCUT2D eigenvalue weighted by atomic mass is 10.2. The average molecular weight is 428 g/mol. The van der Waals surface area contributed by atoms with E-state index in [2.05, 4.69) is 15.9 Å². The van der Waals surface area contributed by atoms with Crippen LogP contribution in [0.5, 0.6) is 17.2 Å². The monoisotopic (exact) mass is 427 g/mol. The van der Waals surface area contributed by atoms with Gasteiger partial charge in [-0.3, -0.25) is 0 Å². The zero-order valence-electron chi connectivity index (χ0n) is 13.9. The Bertz CT molecular complexity index is 867. The Labute approximate surface area is 155 Å². The van der Waals surface area contributed by atoms with Crippen LogP contribution in [0, 0.1) is 0 Å². The van der Waals surface area contributed by atoms with Gasteiger partial charge in [0, 0.05) is 18.1 Å². The molecule has 1 heterocycles. The molecule has 0 atom stereocenters. The van der Waals surface area contributed by atoms with Crippen LogP contribution < -0.4 is 14.2 Å². The van der Waals surface area contributed by atoms with Gasteiger partial charge in [0.25, 0.3) is 0 Å². The van der Waals surface area contributed by atoms with Gasteiger partial charge in [-0.15, -0.1) is 0 Å². The van der Waals surface area contributed by atoms with E-state index in [4.69, 9.17) is 14.2 Å². The van der Waals surface area contributed by atoms with Crippen molar-refractivity contribution in [3.8, 4) is 17.2 Å². The van der Waals surface area contributed by atoms with Gasteiger partial charge in [0.1, 0.15) is 19.0 Å². The number of fused-ring (bicyclic) bond motifs is 1. The van der Waals surface area contributed by atoms with Crippen molar-refractivity contribution in [3.05, 3.63) is 46.4 Å². The molecule has 2 aromatic carbocycles. The minimum Gasteiger partial charge on any atom is -0.497 e. The van der Waals surface area contributed by atoms with Gasteiger partial charge < -0.3 is 14.2 Å². The molecule has 0 aliphatic carbocycles. The van der Waals surface area contributed by atoms with E-state index in [0.29, 0.717) is 30.5 Å². The molecule has 6 nitrogen and oxygen atoms in total. The molecule has 0 saturated carbocycles. The van der Waals surface area contributed by atoms with E-state index < -0.39 is 10.0 Å². The molecule has 25 heavy (non-hydrogen) atoms. The van der Waals surface area contributed by atoms with Crippen LogP contribution >= 0.6 is 15.9 Å². The van der Waals surface area contributed by atoms with Crippen LogP contribution in [0.15, 0.2) is 45.8 Å². The number of hydrogen-bond donors (Lipinski definition) is 0.